The Morgan fingerprint density at radius 1 is 1.30 bits per heavy atom. The first kappa shape index (κ1) is 16.7. The third-order valence-electron chi connectivity index (χ3n) is 3.04. The molecule has 1 N–H and O–H groups in total. The molecular formula is C17H14FN3OS. The highest BCUT2D eigenvalue weighted by Crippen LogP contribution is 2.23. The first-order chi connectivity index (χ1) is 11.1. The molecule has 0 saturated heterocycles. The van der Waals surface area contributed by atoms with E-state index >= 15 is 0 Å². The van der Waals surface area contributed by atoms with Crippen LogP contribution in [0.25, 0.3) is 0 Å². The fourth-order valence-electron chi connectivity index (χ4n) is 1.99. The fourth-order valence-corrected chi connectivity index (χ4v) is 2.32. The van der Waals surface area contributed by atoms with Gasteiger partial charge in [0.1, 0.15) is 5.82 Å². The minimum Gasteiger partial charge on any atom is -0.294 e. The zero-order chi connectivity index (χ0) is 16.7. The number of halogens is 1. The molecule has 0 fully saturated rings. The van der Waals surface area contributed by atoms with E-state index < -0.39 is 5.82 Å². The summed E-state index contributed by atoms with van der Waals surface area (Å²) in [6.07, 6.45) is 3.69. The number of carbonyl (C=O) groups excluding carboxylic acids is 1. The van der Waals surface area contributed by atoms with Gasteiger partial charge in [-0.05, 0) is 30.0 Å². The van der Waals surface area contributed by atoms with Crippen molar-refractivity contribution in [3.63, 3.8) is 0 Å². The standard InChI is InChI=1S/C17H14FN3OS/c1-23-17(20-11-19)21-15-8-7-13(18)10-14(15)16(22)9-12-5-3-2-4-6-12/h2-8,10H,9H2,1H3,(H,20,21). The van der Waals surface area contributed by atoms with Crippen LogP contribution < -0.4 is 5.32 Å². The number of nitrogens with zero attached hydrogens (tertiary/aromatic N) is 2. The van der Waals surface area contributed by atoms with Crippen molar-refractivity contribution < 1.29 is 9.18 Å². The summed E-state index contributed by atoms with van der Waals surface area (Å²) in [7, 11) is 0. The van der Waals surface area contributed by atoms with Crippen LogP contribution in [0.1, 0.15) is 15.9 Å². The van der Waals surface area contributed by atoms with E-state index in [1.54, 1.807) is 12.4 Å². The second-order valence-corrected chi connectivity index (χ2v) is 5.40. The predicted molar refractivity (Wildman–Crippen MR) is 90.2 cm³/mol. The molecule has 23 heavy (non-hydrogen) atoms. The molecular weight excluding hydrogens is 313 g/mol. The van der Waals surface area contributed by atoms with Crippen molar-refractivity contribution >= 4 is 28.4 Å². The molecule has 2 rings (SSSR count). The van der Waals surface area contributed by atoms with Gasteiger partial charge in [0.05, 0.1) is 5.69 Å². The Morgan fingerprint density at radius 3 is 2.70 bits per heavy atom. The van der Waals surface area contributed by atoms with Gasteiger partial charge >= 0.3 is 0 Å². The normalized spacial score (nSPS) is 10.9. The highest BCUT2D eigenvalue weighted by Gasteiger charge is 2.14. The molecule has 0 aliphatic heterocycles. The van der Waals surface area contributed by atoms with E-state index in [0.717, 1.165) is 5.56 Å². The Hall–Kier alpha value is -2.65. The molecule has 0 atom stereocenters. The van der Waals surface area contributed by atoms with Crippen molar-refractivity contribution in [1.29, 1.82) is 5.26 Å². The number of thioether (sulfide) groups is 1. The van der Waals surface area contributed by atoms with Crippen molar-refractivity contribution in [3.05, 3.63) is 65.5 Å². The number of nitriles is 1. The lowest BCUT2D eigenvalue weighted by molar-refractivity contribution is 0.0993. The highest BCUT2D eigenvalue weighted by molar-refractivity contribution is 8.13. The van der Waals surface area contributed by atoms with Gasteiger partial charge in [0.15, 0.2) is 17.1 Å². The van der Waals surface area contributed by atoms with E-state index in [0.29, 0.717) is 10.9 Å². The smallest absolute Gasteiger partial charge is 0.183 e. The van der Waals surface area contributed by atoms with Gasteiger partial charge in [-0.3, -0.25) is 10.1 Å². The molecule has 4 nitrogen and oxygen atoms in total. The van der Waals surface area contributed by atoms with Crippen molar-refractivity contribution in [2.24, 2.45) is 4.99 Å². The Balaban J connectivity index is 2.35. The number of amidine groups is 1. The van der Waals surface area contributed by atoms with Gasteiger partial charge in [-0.1, -0.05) is 42.1 Å². The number of carbonyl (C=O) groups is 1. The Kier molecular flexibility index (Phi) is 5.89. The van der Waals surface area contributed by atoms with Crippen LogP contribution in [-0.2, 0) is 6.42 Å². The molecule has 0 aliphatic rings. The summed E-state index contributed by atoms with van der Waals surface area (Å²) in [4.78, 5) is 16.7. The van der Waals surface area contributed by atoms with Crippen molar-refractivity contribution in [3.8, 4) is 6.19 Å². The number of rotatable bonds is 4. The van der Waals surface area contributed by atoms with Gasteiger partial charge in [-0.2, -0.15) is 5.26 Å². The van der Waals surface area contributed by atoms with E-state index in [9.17, 15) is 9.18 Å². The fraction of sp³-hybridized carbons (Fsp3) is 0.118. The molecule has 0 unspecified atom stereocenters. The van der Waals surface area contributed by atoms with E-state index in [4.69, 9.17) is 5.26 Å². The molecule has 0 radical (unpaired) electrons. The molecule has 6 heteroatoms. The highest BCUT2D eigenvalue weighted by atomic mass is 32.2. The van der Waals surface area contributed by atoms with Gasteiger partial charge < -0.3 is 0 Å². The van der Waals surface area contributed by atoms with Crippen molar-refractivity contribution in [2.45, 2.75) is 6.42 Å². The zero-order valence-corrected chi connectivity index (χ0v) is 13.2. The molecule has 0 spiro atoms. The molecule has 0 bridgehead atoms. The molecule has 0 amide bonds. The molecule has 0 heterocycles. The lowest BCUT2D eigenvalue weighted by Crippen LogP contribution is -2.13. The third kappa shape index (κ3) is 4.66. The van der Waals surface area contributed by atoms with Crippen LogP contribution in [0, 0.1) is 17.3 Å². The van der Waals surface area contributed by atoms with Crippen LogP contribution in [-0.4, -0.2) is 17.2 Å². The van der Waals surface area contributed by atoms with Crippen LogP contribution in [0.15, 0.2) is 53.5 Å². The summed E-state index contributed by atoms with van der Waals surface area (Å²) in [6, 6.07) is 13.1. The van der Waals surface area contributed by atoms with Crippen molar-refractivity contribution in [2.75, 3.05) is 6.26 Å². The summed E-state index contributed by atoms with van der Waals surface area (Å²) in [5.74, 6) is -0.730. The number of benzene rings is 2. The second-order valence-electron chi connectivity index (χ2n) is 4.60. The van der Waals surface area contributed by atoms with Gasteiger partial charge in [0, 0.05) is 12.0 Å². The van der Waals surface area contributed by atoms with Gasteiger partial charge in [0.2, 0.25) is 0 Å². The summed E-state index contributed by atoms with van der Waals surface area (Å²) in [5, 5.41) is 11.4. The summed E-state index contributed by atoms with van der Waals surface area (Å²) < 4.78 is 13.5. The summed E-state index contributed by atoms with van der Waals surface area (Å²) in [5.41, 5.74) is 1.37. The lowest BCUT2D eigenvalue weighted by Gasteiger charge is -2.07. The molecule has 2 aromatic rings. The average Bonchev–Trinajstić information content (AvgIpc) is 2.56. The third-order valence-corrected chi connectivity index (χ3v) is 3.62. The maximum Gasteiger partial charge on any atom is 0.183 e. The zero-order valence-electron chi connectivity index (χ0n) is 12.4. The second kappa shape index (κ2) is 8.11. The average molecular weight is 327 g/mol. The molecule has 0 aliphatic carbocycles. The Bertz CT molecular complexity index is 769. The number of nitrogens with one attached hydrogen (secondary N) is 1. The summed E-state index contributed by atoms with van der Waals surface area (Å²) in [6.45, 7) is 0. The Labute approximate surface area is 138 Å². The minimum absolute atomic E-state index is 0.160. The van der Waals surface area contributed by atoms with E-state index in [-0.39, 0.29) is 17.8 Å². The number of aliphatic imine (C=N–C) groups is 1. The van der Waals surface area contributed by atoms with E-state index in [1.165, 1.54) is 30.0 Å². The summed E-state index contributed by atoms with van der Waals surface area (Å²) >= 11 is 1.23. The predicted octanol–water partition coefficient (Wildman–Crippen LogP) is 3.67. The van der Waals surface area contributed by atoms with Gasteiger partial charge in [-0.25, -0.2) is 9.38 Å². The number of Topliss-reactive ketones (excluding diaryl/α,β-unsaturated/α-hetero) is 1. The molecule has 116 valence electrons. The van der Waals surface area contributed by atoms with E-state index in [1.807, 2.05) is 30.3 Å². The van der Waals surface area contributed by atoms with Crippen LogP contribution >= 0.6 is 11.8 Å². The first-order valence-electron chi connectivity index (χ1n) is 6.78. The van der Waals surface area contributed by atoms with E-state index in [2.05, 4.69) is 10.3 Å². The minimum atomic E-state index is -0.501. The largest absolute Gasteiger partial charge is 0.294 e. The lowest BCUT2D eigenvalue weighted by atomic mass is 10.0. The van der Waals surface area contributed by atoms with Crippen LogP contribution in [0.5, 0.6) is 0 Å². The van der Waals surface area contributed by atoms with Gasteiger partial charge in [0.25, 0.3) is 0 Å². The van der Waals surface area contributed by atoms with Crippen molar-refractivity contribution in [1.82, 2.24) is 5.32 Å². The maximum atomic E-state index is 13.5. The Morgan fingerprint density at radius 2 is 2.04 bits per heavy atom. The maximum absolute atomic E-state index is 13.5. The number of hydrogen-bond donors (Lipinski definition) is 1. The quantitative estimate of drug-likeness (QED) is 0.306. The van der Waals surface area contributed by atoms with Crippen LogP contribution in [0.4, 0.5) is 10.1 Å². The van der Waals surface area contributed by atoms with Gasteiger partial charge in [-0.15, -0.1) is 0 Å². The monoisotopic (exact) mass is 327 g/mol. The number of hydrogen-bond acceptors (Lipinski definition) is 4. The SMILES string of the molecule is CSC(=Nc1ccc(F)cc1C(=O)Cc1ccccc1)NC#N. The molecule has 0 aromatic heterocycles. The first-order valence-corrected chi connectivity index (χ1v) is 8.01. The number of ketones is 1. The molecule has 2 aromatic carbocycles. The van der Waals surface area contributed by atoms with Crippen LogP contribution in [0.2, 0.25) is 0 Å². The van der Waals surface area contributed by atoms with Crippen LogP contribution in [0.3, 0.4) is 0 Å². The molecule has 0 saturated carbocycles. The topological polar surface area (TPSA) is 65.2 Å².